The van der Waals surface area contributed by atoms with Crippen LogP contribution in [0, 0.1) is 11.6 Å². The molecule has 1 aromatic heterocycles. The van der Waals surface area contributed by atoms with E-state index in [9.17, 15) is 13.6 Å². The van der Waals surface area contributed by atoms with Crippen LogP contribution in [0.4, 0.5) is 8.78 Å². The Morgan fingerprint density at radius 3 is 2.70 bits per heavy atom. The Kier molecular flexibility index (Phi) is 3.83. The second-order valence-corrected chi connectivity index (χ2v) is 4.65. The van der Waals surface area contributed by atoms with Crippen molar-refractivity contribution in [2.24, 2.45) is 7.05 Å². The number of imidazole rings is 1. The number of aryl methyl sites for hydroxylation is 1. The van der Waals surface area contributed by atoms with Crippen LogP contribution in [-0.4, -0.2) is 27.4 Å². The summed E-state index contributed by atoms with van der Waals surface area (Å²) in [6.07, 6.45) is 1.65. The summed E-state index contributed by atoms with van der Waals surface area (Å²) in [7, 11) is 3.43. The Morgan fingerprint density at radius 2 is 2.10 bits per heavy atom. The molecule has 0 saturated heterocycles. The highest BCUT2D eigenvalue weighted by Gasteiger charge is 2.14. The van der Waals surface area contributed by atoms with Gasteiger partial charge in [-0.05, 0) is 12.1 Å². The monoisotopic (exact) mass is 279 g/mol. The predicted molar refractivity (Wildman–Crippen MR) is 70.7 cm³/mol. The number of nitrogens with zero attached hydrogens (tertiary/aromatic N) is 3. The Labute approximate surface area is 115 Å². The molecule has 106 valence electrons. The zero-order valence-corrected chi connectivity index (χ0v) is 11.5. The van der Waals surface area contributed by atoms with Crippen molar-refractivity contribution in [1.29, 1.82) is 0 Å². The maximum Gasteiger partial charge on any atom is 0.219 e. The van der Waals surface area contributed by atoms with Crippen LogP contribution in [-0.2, 0) is 18.4 Å². The number of aromatic nitrogens is 2. The molecule has 20 heavy (non-hydrogen) atoms. The highest BCUT2D eigenvalue weighted by Crippen LogP contribution is 2.22. The van der Waals surface area contributed by atoms with Gasteiger partial charge in [0.2, 0.25) is 5.91 Å². The van der Waals surface area contributed by atoms with Crippen molar-refractivity contribution in [3.05, 3.63) is 41.9 Å². The second-order valence-electron chi connectivity index (χ2n) is 4.65. The van der Waals surface area contributed by atoms with E-state index in [2.05, 4.69) is 4.98 Å². The van der Waals surface area contributed by atoms with E-state index in [0.717, 1.165) is 6.07 Å². The number of rotatable bonds is 3. The predicted octanol–water partition coefficient (Wildman–Crippen LogP) is 2.34. The molecule has 1 amide bonds. The fourth-order valence-electron chi connectivity index (χ4n) is 1.80. The van der Waals surface area contributed by atoms with Gasteiger partial charge in [0, 0.05) is 38.8 Å². The second kappa shape index (κ2) is 5.40. The van der Waals surface area contributed by atoms with Gasteiger partial charge in [0.05, 0.1) is 12.2 Å². The Morgan fingerprint density at radius 1 is 1.40 bits per heavy atom. The first kappa shape index (κ1) is 14.2. The Bertz CT molecular complexity index is 652. The van der Waals surface area contributed by atoms with Gasteiger partial charge >= 0.3 is 0 Å². The van der Waals surface area contributed by atoms with Crippen LogP contribution >= 0.6 is 0 Å². The number of halogens is 2. The maximum absolute atomic E-state index is 13.7. The fourth-order valence-corrected chi connectivity index (χ4v) is 1.80. The molecule has 0 spiro atoms. The molecule has 0 saturated carbocycles. The lowest BCUT2D eigenvalue weighted by Crippen LogP contribution is -2.24. The van der Waals surface area contributed by atoms with Gasteiger partial charge in [0.15, 0.2) is 0 Å². The molecule has 2 aromatic rings. The molecule has 1 heterocycles. The van der Waals surface area contributed by atoms with Gasteiger partial charge < -0.3 is 9.47 Å². The molecule has 0 aliphatic rings. The van der Waals surface area contributed by atoms with E-state index < -0.39 is 11.6 Å². The minimum atomic E-state index is -0.658. The highest BCUT2D eigenvalue weighted by molar-refractivity contribution is 5.72. The third kappa shape index (κ3) is 2.84. The molecular formula is C14H15F2N3O. The van der Waals surface area contributed by atoms with Crippen molar-refractivity contribution in [2.45, 2.75) is 13.5 Å². The van der Waals surface area contributed by atoms with Crippen LogP contribution in [0.3, 0.4) is 0 Å². The summed E-state index contributed by atoms with van der Waals surface area (Å²) < 4.78 is 28.3. The zero-order chi connectivity index (χ0) is 14.9. The smallest absolute Gasteiger partial charge is 0.219 e. The van der Waals surface area contributed by atoms with Gasteiger partial charge in [-0.15, -0.1) is 0 Å². The van der Waals surface area contributed by atoms with E-state index in [0.29, 0.717) is 18.1 Å². The van der Waals surface area contributed by atoms with Gasteiger partial charge in [-0.25, -0.2) is 13.8 Å². The van der Waals surface area contributed by atoms with Crippen LogP contribution in [0.1, 0.15) is 12.7 Å². The van der Waals surface area contributed by atoms with E-state index in [1.165, 1.54) is 24.0 Å². The van der Waals surface area contributed by atoms with E-state index in [1.54, 1.807) is 24.9 Å². The van der Waals surface area contributed by atoms with E-state index >= 15 is 0 Å². The van der Waals surface area contributed by atoms with Crippen molar-refractivity contribution in [2.75, 3.05) is 7.05 Å². The van der Waals surface area contributed by atoms with Crippen LogP contribution < -0.4 is 0 Å². The van der Waals surface area contributed by atoms with Gasteiger partial charge in [-0.3, -0.25) is 4.79 Å². The van der Waals surface area contributed by atoms with Crippen molar-refractivity contribution >= 4 is 5.91 Å². The molecule has 2 rings (SSSR count). The third-order valence-corrected chi connectivity index (χ3v) is 3.10. The summed E-state index contributed by atoms with van der Waals surface area (Å²) in [5, 5.41) is 0. The maximum atomic E-state index is 13.7. The number of hydrogen-bond acceptors (Lipinski definition) is 2. The Hall–Kier alpha value is -2.24. The van der Waals surface area contributed by atoms with Crippen LogP contribution in [0.15, 0.2) is 24.4 Å². The minimum absolute atomic E-state index is 0.0810. The van der Waals surface area contributed by atoms with Gasteiger partial charge in [-0.2, -0.15) is 0 Å². The molecule has 0 unspecified atom stereocenters. The summed E-state index contributed by atoms with van der Waals surface area (Å²) in [6.45, 7) is 1.79. The van der Waals surface area contributed by atoms with Gasteiger partial charge in [-0.1, -0.05) is 0 Å². The Balaban J connectivity index is 2.33. The van der Waals surface area contributed by atoms with E-state index in [4.69, 9.17) is 0 Å². The molecule has 0 radical (unpaired) electrons. The fraction of sp³-hybridized carbons (Fsp3) is 0.286. The molecular weight excluding hydrogens is 264 g/mol. The van der Waals surface area contributed by atoms with Crippen LogP contribution in [0.25, 0.3) is 11.3 Å². The molecule has 0 bridgehead atoms. The standard InChI is InChI=1S/C14H15F2N3O/c1-9(20)18(2)8-14-17-13(7-19(14)3)11-5-4-10(15)6-12(11)16/h4-7H,8H2,1-3H3. The number of carbonyl (C=O) groups excluding carboxylic acids is 1. The molecule has 6 heteroatoms. The summed E-state index contributed by atoms with van der Waals surface area (Å²) in [6, 6.07) is 3.37. The van der Waals surface area contributed by atoms with Crippen LogP contribution in [0.5, 0.6) is 0 Å². The average Bonchev–Trinajstić information content (AvgIpc) is 2.70. The van der Waals surface area contributed by atoms with Crippen molar-refractivity contribution in [1.82, 2.24) is 14.5 Å². The first-order valence-electron chi connectivity index (χ1n) is 6.08. The third-order valence-electron chi connectivity index (χ3n) is 3.10. The number of benzene rings is 1. The van der Waals surface area contributed by atoms with E-state index in [1.807, 2.05) is 0 Å². The molecule has 0 atom stereocenters. The average molecular weight is 279 g/mol. The largest absolute Gasteiger partial charge is 0.339 e. The molecule has 1 aromatic carbocycles. The summed E-state index contributed by atoms with van der Waals surface area (Å²) in [5.74, 6) is -0.739. The zero-order valence-electron chi connectivity index (χ0n) is 11.5. The van der Waals surface area contributed by atoms with Gasteiger partial charge in [0.1, 0.15) is 17.5 Å². The minimum Gasteiger partial charge on any atom is -0.339 e. The lowest BCUT2D eigenvalue weighted by molar-refractivity contribution is -0.128. The molecule has 0 aliphatic carbocycles. The first-order valence-corrected chi connectivity index (χ1v) is 6.08. The molecule has 0 aliphatic heterocycles. The van der Waals surface area contributed by atoms with Crippen molar-refractivity contribution in [3.63, 3.8) is 0 Å². The number of hydrogen-bond donors (Lipinski definition) is 0. The highest BCUT2D eigenvalue weighted by atomic mass is 19.1. The lowest BCUT2D eigenvalue weighted by Gasteiger charge is -2.13. The number of amides is 1. The summed E-state index contributed by atoms with van der Waals surface area (Å²) >= 11 is 0. The number of carbonyl (C=O) groups is 1. The van der Waals surface area contributed by atoms with Gasteiger partial charge in [0.25, 0.3) is 0 Å². The molecule has 4 nitrogen and oxygen atoms in total. The normalized spacial score (nSPS) is 10.7. The molecule has 0 N–H and O–H groups in total. The van der Waals surface area contributed by atoms with Crippen molar-refractivity contribution in [3.8, 4) is 11.3 Å². The first-order chi connectivity index (χ1) is 9.38. The lowest BCUT2D eigenvalue weighted by atomic mass is 10.1. The van der Waals surface area contributed by atoms with E-state index in [-0.39, 0.29) is 11.5 Å². The topological polar surface area (TPSA) is 38.1 Å². The quantitative estimate of drug-likeness (QED) is 0.865. The summed E-state index contributed by atoms with van der Waals surface area (Å²) in [5.41, 5.74) is 0.649. The SMILES string of the molecule is CC(=O)N(C)Cc1nc(-c2ccc(F)cc2F)cn1C. The van der Waals surface area contributed by atoms with Crippen LogP contribution in [0.2, 0.25) is 0 Å². The summed E-state index contributed by atoms with van der Waals surface area (Å²) in [4.78, 5) is 17.0. The molecule has 0 fully saturated rings. The van der Waals surface area contributed by atoms with Crippen molar-refractivity contribution < 1.29 is 13.6 Å².